The van der Waals surface area contributed by atoms with Gasteiger partial charge in [-0.05, 0) is 91.6 Å². The standard InChI is InChI=1S/C30H44F6O3S/c1-5-22-23(19(2)10-9-16-29(31,32)33)15-17-28(4)24(13-14-25(22)28)20(3)26(18-27(37)30(34,35)36)40(38,39)21-11-7-6-8-12-21/h6-8,11-12,19-20,22-27,37H,5,9-10,13-18H2,1-4H3/t19?,20-,22+,23+,24+,25-,26?,27?,28+/m0/s1. The Bertz CT molecular complexity index is 1060. The third-order valence-corrected chi connectivity index (χ3v) is 12.8. The minimum atomic E-state index is -4.93. The van der Waals surface area contributed by atoms with Crippen molar-refractivity contribution in [3.63, 3.8) is 0 Å². The first kappa shape index (κ1) is 33.2. The Balaban J connectivity index is 1.87. The van der Waals surface area contributed by atoms with Crippen LogP contribution in [-0.4, -0.2) is 37.2 Å². The molecule has 3 rings (SSSR count). The molecule has 0 amide bonds. The van der Waals surface area contributed by atoms with Gasteiger partial charge < -0.3 is 5.11 Å². The highest BCUT2D eigenvalue weighted by Crippen LogP contribution is 2.63. The van der Waals surface area contributed by atoms with E-state index in [9.17, 15) is 39.9 Å². The SMILES string of the molecule is CC[C@@H]1[C@@H](C(C)CCCC(F)(F)F)CC[C@]2(C)[C@@H]([C@H](C)C(CC(O)C(F)(F)F)S(=O)(=O)c3ccccc3)CC[C@@H]12. The van der Waals surface area contributed by atoms with E-state index in [-0.39, 0.29) is 46.3 Å². The van der Waals surface area contributed by atoms with Gasteiger partial charge in [0, 0.05) is 6.42 Å². The fourth-order valence-electron chi connectivity index (χ4n) is 8.38. The summed E-state index contributed by atoms with van der Waals surface area (Å²) in [5.41, 5.74) is -0.296. The summed E-state index contributed by atoms with van der Waals surface area (Å²) >= 11 is 0. The minimum absolute atomic E-state index is 0.0521. The molecule has 0 bridgehead atoms. The van der Waals surface area contributed by atoms with Crippen LogP contribution in [0.2, 0.25) is 0 Å². The van der Waals surface area contributed by atoms with Gasteiger partial charge in [0.15, 0.2) is 15.9 Å². The Kier molecular flexibility index (Phi) is 10.4. The van der Waals surface area contributed by atoms with E-state index in [4.69, 9.17) is 0 Å². The first-order valence-electron chi connectivity index (χ1n) is 14.5. The fourth-order valence-corrected chi connectivity index (χ4v) is 10.5. The summed E-state index contributed by atoms with van der Waals surface area (Å²) in [4.78, 5) is -0.0521. The molecule has 3 unspecified atom stereocenters. The molecular formula is C30H44F6O3S. The molecule has 2 saturated carbocycles. The van der Waals surface area contributed by atoms with Gasteiger partial charge >= 0.3 is 12.4 Å². The fraction of sp³-hybridized carbons (Fsp3) is 0.800. The van der Waals surface area contributed by atoms with Crippen LogP contribution in [0.25, 0.3) is 0 Å². The molecule has 0 heterocycles. The van der Waals surface area contributed by atoms with Gasteiger partial charge in [0.1, 0.15) is 0 Å². The van der Waals surface area contributed by atoms with Gasteiger partial charge in [-0.3, -0.25) is 0 Å². The maximum atomic E-state index is 13.7. The third kappa shape index (κ3) is 7.19. The molecule has 0 spiro atoms. The first-order valence-corrected chi connectivity index (χ1v) is 16.1. The normalized spacial score (nSPS) is 30.9. The number of hydrogen-bond acceptors (Lipinski definition) is 3. The predicted molar refractivity (Wildman–Crippen MR) is 143 cm³/mol. The van der Waals surface area contributed by atoms with E-state index in [0.29, 0.717) is 12.8 Å². The smallest absolute Gasteiger partial charge is 0.384 e. The number of hydrogen-bond donors (Lipinski definition) is 1. The van der Waals surface area contributed by atoms with Crippen molar-refractivity contribution in [3.8, 4) is 0 Å². The molecule has 1 N–H and O–H groups in total. The molecule has 2 aliphatic carbocycles. The molecule has 0 aromatic heterocycles. The first-order chi connectivity index (χ1) is 18.4. The number of fused-ring (bicyclic) bond motifs is 1. The summed E-state index contributed by atoms with van der Waals surface area (Å²) in [6, 6.07) is 7.47. The molecule has 3 nitrogen and oxygen atoms in total. The van der Waals surface area contributed by atoms with Crippen molar-refractivity contribution in [2.75, 3.05) is 0 Å². The molecular weight excluding hydrogens is 554 g/mol. The van der Waals surface area contributed by atoms with E-state index >= 15 is 0 Å². The molecule has 9 atom stereocenters. The maximum Gasteiger partial charge on any atom is 0.414 e. The number of sulfone groups is 1. The second-order valence-electron chi connectivity index (χ2n) is 12.6. The van der Waals surface area contributed by atoms with E-state index in [0.717, 1.165) is 25.7 Å². The van der Waals surface area contributed by atoms with Crippen LogP contribution < -0.4 is 0 Å². The molecule has 1 aromatic rings. The molecule has 40 heavy (non-hydrogen) atoms. The van der Waals surface area contributed by atoms with Crippen molar-refractivity contribution in [2.45, 2.75) is 114 Å². The van der Waals surface area contributed by atoms with Crippen LogP contribution in [0.1, 0.15) is 85.5 Å². The summed E-state index contributed by atoms with van der Waals surface area (Å²) in [6.45, 7) is 7.97. The molecule has 0 saturated heterocycles. The number of aliphatic hydroxyl groups is 1. The highest BCUT2D eigenvalue weighted by molar-refractivity contribution is 7.92. The van der Waals surface area contributed by atoms with Gasteiger partial charge in [-0.1, -0.05) is 58.7 Å². The van der Waals surface area contributed by atoms with Crippen molar-refractivity contribution < 1.29 is 39.9 Å². The zero-order valence-electron chi connectivity index (χ0n) is 23.8. The topological polar surface area (TPSA) is 54.4 Å². The van der Waals surface area contributed by atoms with E-state index < -0.39 is 52.3 Å². The van der Waals surface area contributed by atoms with Crippen LogP contribution in [0.5, 0.6) is 0 Å². The van der Waals surface area contributed by atoms with E-state index in [1.165, 1.54) is 24.3 Å². The largest absolute Gasteiger partial charge is 0.414 e. The average molecular weight is 599 g/mol. The van der Waals surface area contributed by atoms with Crippen molar-refractivity contribution in [1.82, 2.24) is 0 Å². The van der Waals surface area contributed by atoms with Crippen molar-refractivity contribution in [1.29, 1.82) is 0 Å². The van der Waals surface area contributed by atoms with Crippen LogP contribution in [-0.2, 0) is 9.84 Å². The van der Waals surface area contributed by atoms with Gasteiger partial charge in [0.05, 0.1) is 10.1 Å². The van der Waals surface area contributed by atoms with Crippen LogP contribution in [0.3, 0.4) is 0 Å². The molecule has 1 aromatic carbocycles. The highest BCUT2D eigenvalue weighted by Gasteiger charge is 2.57. The summed E-state index contributed by atoms with van der Waals surface area (Å²) in [6.07, 6.45) is -9.05. The van der Waals surface area contributed by atoms with Gasteiger partial charge in [0.25, 0.3) is 0 Å². The Labute approximate surface area is 235 Å². The summed E-state index contributed by atoms with van der Waals surface area (Å²) in [5, 5.41) is 8.58. The predicted octanol–water partition coefficient (Wildman–Crippen LogP) is 8.62. The Morgan fingerprint density at radius 3 is 2.20 bits per heavy atom. The third-order valence-electron chi connectivity index (χ3n) is 10.4. The van der Waals surface area contributed by atoms with E-state index in [1.807, 2.05) is 6.92 Å². The number of halogens is 6. The summed E-state index contributed by atoms with van der Waals surface area (Å²) in [5.74, 6) is 0.0957. The lowest BCUT2D eigenvalue weighted by Gasteiger charge is -2.52. The average Bonchev–Trinajstić information content (AvgIpc) is 3.22. The van der Waals surface area contributed by atoms with Crippen molar-refractivity contribution in [3.05, 3.63) is 30.3 Å². The van der Waals surface area contributed by atoms with Gasteiger partial charge in [0.2, 0.25) is 0 Å². The molecule has 0 aliphatic heterocycles. The molecule has 2 fully saturated rings. The quantitative estimate of drug-likeness (QED) is 0.260. The zero-order chi connectivity index (χ0) is 30.1. The van der Waals surface area contributed by atoms with Crippen molar-refractivity contribution in [2.24, 2.45) is 40.9 Å². The van der Waals surface area contributed by atoms with Crippen LogP contribution in [0.15, 0.2) is 35.2 Å². The van der Waals surface area contributed by atoms with Gasteiger partial charge in [-0.2, -0.15) is 26.3 Å². The van der Waals surface area contributed by atoms with E-state index in [2.05, 4.69) is 13.8 Å². The highest BCUT2D eigenvalue weighted by atomic mass is 32.2. The Hall–Kier alpha value is -1.29. The molecule has 0 radical (unpaired) electrons. The summed E-state index contributed by atoms with van der Waals surface area (Å²) < 4.78 is 106. The molecule has 10 heteroatoms. The molecule has 2 aliphatic rings. The summed E-state index contributed by atoms with van der Waals surface area (Å²) in [7, 11) is -4.18. The van der Waals surface area contributed by atoms with Crippen LogP contribution in [0, 0.1) is 40.9 Å². The number of rotatable bonds is 11. The Morgan fingerprint density at radius 2 is 1.65 bits per heavy atom. The lowest BCUT2D eigenvalue weighted by Crippen LogP contribution is -2.47. The lowest BCUT2D eigenvalue weighted by atomic mass is 9.54. The number of alkyl halides is 6. The zero-order valence-corrected chi connectivity index (χ0v) is 24.6. The van der Waals surface area contributed by atoms with Crippen molar-refractivity contribution >= 4 is 9.84 Å². The van der Waals surface area contributed by atoms with Gasteiger partial charge in [-0.25, -0.2) is 8.42 Å². The number of benzene rings is 1. The van der Waals surface area contributed by atoms with Gasteiger partial charge in [-0.15, -0.1) is 0 Å². The number of aliphatic hydroxyl groups excluding tert-OH is 1. The van der Waals surface area contributed by atoms with E-state index in [1.54, 1.807) is 13.0 Å². The second kappa shape index (κ2) is 12.5. The maximum absolute atomic E-state index is 13.7. The monoisotopic (exact) mass is 598 g/mol. The lowest BCUT2D eigenvalue weighted by molar-refractivity contribution is -0.206. The Morgan fingerprint density at radius 1 is 1.02 bits per heavy atom. The molecule has 230 valence electrons. The second-order valence-corrected chi connectivity index (χ2v) is 14.8. The van der Waals surface area contributed by atoms with Crippen LogP contribution in [0.4, 0.5) is 26.3 Å². The van der Waals surface area contributed by atoms with Crippen LogP contribution >= 0.6 is 0 Å². The minimum Gasteiger partial charge on any atom is -0.384 e.